The molecular weight excluding hydrogens is 166 g/mol. The van der Waals surface area contributed by atoms with Gasteiger partial charge in [0.2, 0.25) is 0 Å². The van der Waals surface area contributed by atoms with Crippen LogP contribution in [0.5, 0.6) is 0 Å². The van der Waals surface area contributed by atoms with Crippen molar-refractivity contribution in [2.75, 3.05) is 24.3 Å². The zero-order valence-corrected chi connectivity index (χ0v) is 7.94. The number of rotatable bonds is 3. The minimum atomic E-state index is 0.0503. The van der Waals surface area contributed by atoms with E-state index in [4.69, 9.17) is 10.8 Å². The van der Waals surface area contributed by atoms with E-state index in [0.717, 1.165) is 5.82 Å². The Kier molecular flexibility index (Phi) is 3.08. The van der Waals surface area contributed by atoms with Gasteiger partial charge in [-0.25, -0.2) is 4.98 Å². The fraction of sp³-hybridized carbons (Fsp3) is 0.444. The van der Waals surface area contributed by atoms with Crippen LogP contribution in [0.1, 0.15) is 6.92 Å². The third-order valence-electron chi connectivity index (χ3n) is 2.04. The van der Waals surface area contributed by atoms with Crippen molar-refractivity contribution < 1.29 is 5.11 Å². The molecule has 4 heteroatoms. The van der Waals surface area contributed by atoms with Crippen LogP contribution in [0.15, 0.2) is 18.2 Å². The molecule has 0 saturated heterocycles. The molecule has 1 atom stereocenters. The van der Waals surface area contributed by atoms with Gasteiger partial charge in [0.15, 0.2) is 0 Å². The lowest BCUT2D eigenvalue weighted by atomic mass is 10.3. The van der Waals surface area contributed by atoms with E-state index < -0.39 is 0 Å². The molecule has 0 aliphatic rings. The van der Waals surface area contributed by atoms with Crippen molar-refractivity contribution in [3.05, 3.63) is 18.2 Å². The number of nitrogens with zero attached hydrogens (tertiary/aromatic N) is 2. The van der Waals surface area contributed by atoms with Gasteiger partial charge in [0.25, 0.3) is 0 Å². The Bertz CT molecular complexity index is 277. The highest BCUT2D eigenvalue weighted by Crippen LogP contribution is 2.12. The summed E-state index contributed by atoms with van der Waals surface area (Å²) in [4.78, 5) is 6.02. The molecular formula is C9H15N3O. The smallest absolute Gasteiger partial charge is 0.131 e. The lowest BCUT2D eigenvalue weighted by Gasteiger charge is -2.24. The maximum Gasteiger partial charge on any atom is 0.131 e. The second kappa shape index (κ2) is 4.09. The molecule has 0 amide bonds. The molecule has 1 rings (SSSR count). The highest BCUT2D eigenvalue weighted by Gasteiger charge is 2.09. The van der Waals surface area contributed by atoms with Crippen LogP contribution >= 0.6 is 0 Å². The maximum atomic E-state index is 8.94. The van der Waals surface area contributed by atoms with E-state index in [2.05, 4.69) is 4.98 Å². The molecule has 0 fully saturated rings. The molecule has 0 spiro atoms. The molecule has 1 aromatic rings. The van der Waals surface area contributed by atoms with Crippen molar-refractivity contribution in [3.63, 3.8) is 0 Å². The van der Waals surface area contributed by atoms with Gasteiger partial charge in [-0.05, 0) is 19.1 Å². The van der Waals surface area contributed by atoms with E-state index in [9.17, 15) is 0 Å². The van der Waals surface area contributed by atoms with Gasteiger partial charge in [-0.3, -0.25) is 0 Å². The van der Waals surface area contributed by atoms with Crippen molar-refractivity contribution in [2.45, 2.75) is 13.0 Å². The number of hydrogen-bond donors (Lipinski definition) is 2. The van der Waals surface area contributed by atoms with Crippen LogP contribution in [-0.2, 0) is 0 Å². The molecule has 1 heterocycles. The number of nitrogens with two attached hydrogens (primary N) is 1. The maximum absolute atomic E-state index is 8.94. The van der Waals surface area contributed by atoms with Crippen LogP contribution in [0, 0.1) is 0 Å². The molecule has 72 valence electrons. The van der Waals surface area contributed by atoms with E-state index in [1.807, 2.05) is 31.0 Å². The Morgan fingerprint density at radius 1 is 1.62 bits per heavy atom. The van der Waals surface area contributed by atoms with Crippen LogP contribution < -0.4 is 10.6 Å². The topological polar surface area (TPSA) is 62.4 Å². The normalized spacial score (nSPS) is 12.5. The number of aliphatic hydroxyl groups excluding tert-OH is 1. The zero-order valence-electron chi connectivity index (χ0n) is 7.94. The highest BCUT2D eigenvalue weighted by molar-refractivity contribution is 5.44. The second-order valence-corrected chi connectivity index (χ2v) is 3.06. The average molecular weight is 181 g/mol. The van der Waals surface area contributed by atoms with Gasteiger partial charge in [-0.15, -0.1) is 0 Å². The molecule has 0 bridgehead atoms. The molecule has 3 N–H and O–H groups in total. The molecule has 4 nitrogen and oxygen atoms in total. The van der Waals surface area contributed by atoms with Crippen molar-refractivity contribution in [3.8, 4) is 0 Å². The van der Waals surface area contributed by atoms with Gasteiger partial charge in [0.05, 0.1) is 12.6 Å². The molecule has 0 aliphatic carbocycles. The lowest BCUT2D eigenvalue weighted by molar-refractivity contribution is 0.270. The number of hydrogen-bond acceptors (Lipinski definition) is 4. The van der Waals surface area contributed by atoms with Gasteiger partial charge >= 0.3 is 0 Å². The predicted molar refractivity (Wildman–Crippen MR) is 53.6 cm³/mol. The molecule has 0 radical (unpaired) electrons. The van der Waals surface area contributed by atoms with Crippen LogP contribution in [0.25, 0.3) is 0 Å². The molecule has 1 unspecified atom stereocenters. The molecule has 0 saturated carbocycles. The van der Waals surface area contributed by atoms with Crippen molar-refractivity contribution in [2.24, 2.45) is 0 Å². The lowest BCUT2D eigenvalue weighted by Crippen LogP contribution is -2.32. The SMILES string of the molecule is CC(CO)N(C)c1cccc(N)n1. The summed E-state index contributed by atoms with van der Waals surface area (Å²) in [5, 5.41) is 8.94. The van der Waals surface area contributed by atoms with Crippen molar-refractivity contribution in [1.82, 2.24) is 4.98 Å². The van der Waals surface area contributed by atoms with E-state index in [1.54, 1.807) is 6.07 Å². The third-order valence-corrected chi connectivity index (χ3v) is 2.04. The fourth-order valence-corrected chi connectivity index (χ4v) is 0.984. The van der Waals surface area contributed by atoms with Crippen molar-refractivity contribution in [1.29, 1.82) is 0 Å². The minimum Gasteiger partial charge on any atom is -0.394 e. The number of pyridine rings is 1. The number of nitrogen functional groups attached to an aromatic ring is 1. The summed E-state index contributed by atoms with van der Waals surface area (Å²) in [6.45, 7) is 2.03. The van der Waals surface area contributed by atoms with Crippen LogP contribution in [-0.4, -0.2) is 29.8 Å². The van der Waals surface area contributed by atoms with Crippen LogP contribution in [0.2, 0.25) is 0 Å². The summed E-state index contributed by atoms with van der Waals surface area (Å²) in [6, 6.07) is 5.50. The summed E-state index contributed by atoms with van der Waals surface area (Å²) >= 11 is 0. The number of likely N-dealkylation sites (N-methyl/N-ethyl adjacent to an activating group) is 1. The first-order chi connectivity index (χ1) is 6.15. The van der Waals surface area contributed by atoms with Gasteiger partial charge < -0.3 is 15.7 Å². The van der Waals surface area contributed by atoms with Crippen LogP contribution in [0.4, 0.5) is 11.6 Å². The molecule has 13 heavy (non-hydrogen) atoms. The summed E-state index contributed by atoms with van der Waals surface area (Å²) in [7, 11) is 1.88. The van der Waals surface area contributed by atoms with E-state index >= 15 is 0 Å². The first-order valence-electron chi connectivity index (χ1n) is 4.21. The first-order valence-corrected chi connectivity index (χ1v) is 4.21. The largest absolute Gasteiger partial charge is 0.394 e. The minimum absolute atomic E-state index is 0.0503. The third kappa shape index (κ3) is 2.32. The Morgan fingerprint density at radius 2 is 2.31 bits per heavy atom. The first kappa shape index (κ1) is 9.80. The average Bonchev–Trinajstić information content (AvgIpc) is 2.15. The standard InChI is InChI=1S/C9H15N3O/c1-7(6-13)12(2)9-5-3-4-8(10)11-9/h3-5,7,13H,6H2,1-2H3,(H2,10,11). The number of aliphatic hydroxyl groups is 1. The zero-order chi connectivity index (χ0) is 9.84. The summed E-state index contributed by atoms with van der Waals surface area (Å²) < 4.78 is 0. The Balaban J connectivity index is 2.82. The Hall–Kier alpha value is -1.29. The van der Waals surface area contributed by atoms with E-state index in [1.165, 1.54) is 0 Å². The molecule has 0 aliphatic heterocycles. The van der Waals surface area contributed by atoms with Gasteiger partial charge in [0, 0.05) is 7.05 Å². The summed E-state index contributed by atoms with van der Waals surface area (Å²) in [5.41, 5.74) is 5.54. The number of anilines is 2. The highest BCUT2D eigenvalue weighted by atomic mass is 16.3. The Labute approximate surface area is 78.0 Å². The predicted octanol–water partition coefficient (Wildman–Crippen LogP) is 0.481. The Morgan fingerprint density at radius 3 is 2.85 bits per heavy atom. The van der Waals surface area contributed by atoms with E-state index in [0.29, 0.717) is 5.82 Å². The van der Waals surface area contributed by atoms with Gasteiger partial charge in [-0.2, -0.15) is 0 Å². The van der Waals surface area contributed by atoms with Crippen LogP contribution in [0.3, 0.4) is 0 Å². The summed E-state index contributed by atoms with van der Waals surface area (Å²) in [5.74, 6) is 1.27. The second-order valence-electron chi connectivity index (χ2n) is 3.06. The molecule has 0 aromatic carbocycles. The van der Waals surface area contributed by atoms with E-state index in [-0.39, 0.29) is 12.6 Å². The van der Waals surface area contributed by atoms with Crippen molar-refractivity contribution >= 4 is 11.6 Å². The summed E-state index contributed by atoms with van der Waals surface area (Å²) in [6.07, 6.45) is 0. The quantitative estimate of drug-likeness (QED) is 0.712. The number of aromatic nitrogens is 1. The fourth-order valence-electron chi connectivity index (χ4n) is 0.984. The monoisotopic (exact) mass is 181 g/mol. The van der Waals surface area contributed by atoms with Gasteiger partial charge in [-0.1, -0.05) is 6.07 Å². The molecule has 1 aromatic heterocycles. The van der Waals surface area contributed by atoms with Gasteiger partial charge in [0.1, 0.15) is 11.6 Å².